The van der Waals surface area contributed by atoms with Crippen LogP contribution < -0.4 is 5.32 Å². The van der Waals surface area contributed by atoms with Crippen LogP contribution in [0.1, 0.15) is 12.8 Å². The molecule has 1 fully saturated rings. The zero-order valence-corrected chi connectivity index (χ0v) is 10.1. The molecule has 2 N–H and O–H groups in total. The van der Waals surface area contributed by atoms with Gasteiger partial charge in [0.15, 0.2) is 0 Å². The molecule has 0 amide bonds. The summed E-state index contributed by atoms with van der Waals surface area (Å²) in [6.07, 6.45) is 2.11. The van der Waals surface area contributed by atoms with Crippen LogP contribution in [0.15, 0.2) is 0 Å². The number of carboxylic acid groups (broad SMARTS) is 1. The molecule has 0 radical (unpaired) electrons. The lowest BCUT2D eigenvalue weighted by Crippen LogP contribution is -2.42. The molecule has 17 heavy (non-hydrogen) atoms. The Hall–Kier alpha value is -1.14. The Bertz CT molecular complexity index is 270. The standard InChI is InChI=1S/C11H20N2O4/c1-17-11(16)8-13-4-2-3-9(7-13)5-12-6-10(14)15/h9,12H,2-8H2,1H3,(H,14,15). The molecule has 1 atom stereocenters. The minimum Gasteiger partial charge on any atom is -0.480 e. The summed E-state index contributed by atoms with van der Waals surface area (Å²) in [4.78, 5) is 23.5. The number of hydrogen-bond acceptors (Lipinski definition) is 5. The highest BCUT2D eigenvalue weighted by atomic mass is 16.5. The number of carbonyl (C=O) groups is 2. The number of aliphatic carboxylic acids is 1. The first-order chi connectivity index (χ1) is 8.11. The highest BCUT2D eigenvalue weighted by molar-refractivity contribution is 5.71. The summed E-state index contributed by atoms with van der Waals surface area (Å²) < 4.78 is 4.63. The zero-order valence-electron chi connectivity index (χ0n) is 10.1. The molecular formula is C11H20N2O4. The first-order valence-corrected chi connectivity index (χ1v) is 5.83. The van der Waals surface area contributed by atoms with E-state index < -0.39 is 5.97 Å². The van der Waals surface area contributed by atoms with Gasteiger partial charge in [0, 0.05) is 6.54 Å². The van der Waals surface area contributed by atoms with Crippen LogP contribution in [-0.2, 0) is 14.3 Å². The van der Waals surface area contributed by atoms with Crippen molar-refractivity contribution in [2.24, 2.45) is 5.92 Å². The molecule has 0 aromatic carbocycles. The third-order valence-electron chi connectivity index (χ3n) is 2.89. The zero-order chi connectivity index (χ0) is 12.7. The van der Waals surface area contributed by atoms with E-state index in [1.165, 1.54) is 7.11 Å². The summed E-state index contributed by atoms with van der Waals surface area (Å²) in [6.45, 7) is 2.73. The second-order valence-corrected chi connectivity index (χ2v) is 4.34. The smallest absolute Gasteiger partial charge is 0.319 e. The second-order valence-electron chi connectivity index (χ2n) is 4.34. The van der Waals surface area contributed by atoms with E-state index in [0.717, 1.165) is 25.9 Å². The van der Waals surface area contributed by atoms with Crippen LogP contribution in [0.3, 0.4) is 0 Å². The van der Waals surface area contributed by atoms with E-state index in [0.29, 0.717) is 19.0 Å². The maximum atomic E-state index is 11.1. The number of carbonyl (C=O) groups excluding carboxylic acids is 1. The van der Waals surface area contributed by atoms with Gasteiger partial charge in [-0.05, 0) is 31.8 Å². The molecule has 1 unspecified atom stereocenters. The molecule has 0 saturated carbocycles. The predicted octanol–water partition coefficient (Wildman–Crippen LogP) is -0.454. The van der Waals surface area contributed by atoms with Gasteiger partial charge in [-0.2, -0.15) is 0 Å². The quantitative estimate of drug-likeness (QED) is 0.616. The number of hydrogen-bond donors (Lipinski definition) is 2. The van der Waals surface area contributed by atoms with Gasteiger partial charge in [-0.1, -0.05) is 0 Å². The Balaban J connectivity index is 2.23. The molecule has 1 rings (SSSR count). The van der Waals surface area contributed by atoms with Crippen molar-refractivity contribution in [2.75, 3.05) is 39.8 Å². The first-order valence-electron chi connectivity index (χ1n) is 5.83. The van der Waals surface area contributed by atoms with Crippen molar-refractivity contribution in [3.05, 3.63) is 0 Å². The molecule has 6 nitrogen and oxygen atoms in total. The van der Waals surface area contributed by atoms with Gasteiger partial charge in [0.25, 0.3) is 0 Å². The van der Waals surface area contributed by atoms with E-state index in [-0.39, 0.29) is 12.5 Å². The van der Waals surface area contributed by atoms with Crippen molar-refractivity contribution in [3.63, 3.8) is 0 Å². The fraction of sp³-hybridized carbons (Fsp3) is 0.818. The Labute approximate surface area is 101 Å². The fourth-order valence-electron chi connectivity index (χ4n) is 2.09. The molecule has 1 saturated heterocycles. The van der Waals surface area contributed by atoms with Gasteiger partial charge in [0.2, 0.25) is 0 Å². The minimum absolute atomic E-state index is 0.00645. The van der Waals surface area contributed by atoms with Crippen LogP contribution >= 0.6 is 0 Å². The number of nitrogens with zero attached hydrogens (tertiary/aromatic N) is 1. The number of rotatable bonds is 6. The lowest BCUT2D eigenvalue weighted by atomic mass is 9.98. The largest absolute Gasteiger partial charge is 0.480 e. The van der Waals surface area contributed by atoms with E-state index in [1.807, 2.05) is 0 Å². The monoisotopic (exact) mass is 244 g/mol. The van der Waals surface area contributed by atoms with E-state index in [4.69, 9.17) is 5.11 Å². The Morgan fingerprint density at radius 2 is 2.29 bits per heavy atom. The van der Waals surface area contributed by atoms with Crippen molar-refractivity contribution in [1.29, 1.82) is 0 Å². The van der Waals surface area contributed by atoms with Gasteiger partial charge in [0.1, 0.15) is 0 Å². The van der Waals surface area contributed by atoms with E-state index in [9.17, 15) is 9.59 Å². The van der Waals surface area contributed by atoms with Gasteiger partial charge >= 0.3 is 11.9 Å². The summed E-state index contributed by atoms with van der Waals surface area (Å²) in [5.74, 6) is -0.649. The van der Waals surface area contributed by atoms with E-state index in [2.05, 4.69) is 15.0 Å². The first kappa shape index (κ1) is 13.9. The molecule has 98 valence electrons. The van der Waals surface area contributed by atoms with E-state index >= 15 is 0 Å². The summed E-state index contributed by atoms with van der Waals surface area (Å²) >= 11 is 0. The highest BCUT2D eigenvalue weighted by Gasteiger charge is 2.21. The number of likely N-dealkylation sites (tertiary alicyclic amines) is 1. The normalized spacial score (nSPS) is 21.1. The van der Waals surface area contributed by atoms with Gasteiger partial charge in [0.05, 0.1) is 20.2 Å². The SMILES string of the molecule is COC(=O)CN1CCCC(CNCC(=O)O)C1. The summed E-state index contributed by atoms with van der Waals surface area (Å²) in [5.41, 5.74) is 0. The number of esters is 1. The molecule has 1 heterocycles. The van der Waals surface area contributed by atoms with Gasteiger partial charge < -0.3 is 15.2 Å². The minimum atomic E-state index is -0.841. The van der Waals surface area contributed by atoms with Crippen molar-refractivity contribution in [2.45, 2.75) is 12.8 Å². The third kappa shape index (κ3) is 5.65. The Morgan fingerprint density at radius 3 is 2.94 bits per heavy atom. The highest BCUT2D eigenvalue weighted by Crippen LogP contribution is 2.15. The maximum absolute atomic E-state index is 11.1. The van der Waals surface area contributed by atoms with Crippen molar-refractivity contribution in [3.8, 4) is 0 Å². The maximum Gasteiger partial charge on any atom is 0.319 e. The van der Waals surface area contributed by atoms with Crippen LogP contribution in [-0.4, -0.2) is 61.8 Å². The molecule has 1 aliphatic heterocycles. The van der Waals surface area contributed by atoms with Crippen molar-refractivity contribution >= 4 is 11.9 Å². The average molecular weight is 244 g/mol. The number of ether oxygens (including phenoxy) is 1. The summed E-state index contributed by atoms with van der Waals surface area (Å²) in [5, 5.41) is 11.4. The van der Waals surface area contributed by atoms with Crippen LogP contribution in [0.25, 0.3) is 0 Å². The Morgan fingerprint density at radius 1 is 1.53 bits per heavy atom. The molecule has 0 bridgehead atoms. The van der Waals surface area contributed by atoms with Crippen LogP contribution in [0.5, 0.6) is 0 Å². The van der Waals surface area contributed by atoms with Crippen molar-refractivity contribution in [1.82, 2.24) is 10.2 Å². The fourth-order valence-corrected chi connectivity index (χ4v) is 2.09. The van der Waals surface area contributed by atoms with Crippen LogP contribution in [0, 0.1) is 5.92 Å². The lowest BCUT2D eigenvalue weighted by Gasteiger charge is -2.31. The van der Waals surface area contributed by atoms with Crippen LogP contribution in [0.4, 0.5) is 0 Å². The van der Waals surface area contributed by atoms with Gasteiger partial charge in [-0.15, -0.1) is 0 Å². The number of nitrogens with one attached hydrogen (secondary N) is 1. The topological polar surface area (TPSA) is 78.9 Å². The molecule has 6 heteroatoms. The Kier molecular flexibility index (Phi) is 5.93. The molecule has 0 spiro atoms. The molecule has 0 aromatic rings. The predicted molar refractivity (Wildman–Crippen MR) is 61.7 cm³/mol. The van der Waals surface area contributed by atoms with Crippen molar-refractivity contribution < 1.29 is 19.4 Å². The van der Waals surface area contributed by atoms with Gasteiger partial charge in [-0.3, -0.25) is 14.5 Å². The molecule has 1 aliphatic rings. The van der Waals surface area contributed by atoms with Gasteiger partial charge in [-0.25, -0.2) is 0 Å². The second kappa shape index (κ2) is 7.24. The summed E-state index contributed by atoms with van der Waals surface area (Å²) in [7, 11) is 1.39. The lowest BCUT2D eigenvalue weighted by molar-refractivity contribution is -0.142. The van der Waals surface area contributed by atoms with Crippen LogP contribution in [0.2, 0.25) is 0 Å². The number of piperidine rings is 1. The number of carboxylic acids is 1. The summed E-state index contributed by atoms with van der Waals surface area (Å²) in [6, 6.07) is 0. The van der Waals surface area contributed by atoms with E-state index in [1.54, 1.807) is 0 Å². The molecule has 0 aromatic heterocycles. The molecule has 0 aliphatic carbocycles. The molecular weight excluding hydrogens is 224 g/mol. The number of methoxy groups -OCH3 is 1. The third-order valence-corrected chi connectivity index (χ3v) is 2.89. The average Bonchev–Trinajstić information content (AvgIpc) is 2.29.